The second-order valence-electron chi connectivity index (χ2n) is 16.6. The number of hydrogen-bond acceptors (Lipinski definition) is 12. The normalized spacial score (nSPS) is 26.7. The van der Waals surface area contributed by atoms with Gasteiger partial charge in [0.05, 0.1) is 18.0 Å². The van der Waals surface area contributed by atoms with Crippen molar-refractivity contribution < 1.29 is 25.0 Å². The van der Waals surface area contributed by atoms with Crippen molar-refractivity contribution in [1.82, 2.24) is 45.4 Å². The lowest BCUT2D eigenvalue weighted by Gasteiger charge is -2.51. The summed E-state index contributed by atoms with van der Waals surface area (Å²) < 4.78 is 20.6. The van der Waals surface area contributed by atoms with Gasteiger partial charge in [-0.2, -0.15) is 10.2 Å². The number of carbonyl (C=O) groups excluding carboxylic acids is 2. The van der Waals surface area contributed by atoms with Gasteiger partial charge in [-0.15, -0.1) is 20.4 Å². The zero-order valence-corrected chi connectivity index (χ0v) is 34.4. The predicted octanol–water partition coefficient (Wildman–Crippen LogP) is 6.13. The van der Waals surface area contributed by atoms with E-state index in [4.69, 9.17) is 38.8 Å². The second kappa shape index (κ2) is 14.6. The van der Waals surface area contributed by atoms with Gasteiger partial charge in [0.25, 0.3) is 17.8 Å². The maximum Gasteiger partial charge on any atom is 0.282 e. The summed E-state index contributed by atoms with van der Waals surface area (Å²) in [6.45, 7) is 30.6. The molecule has 298 valence electrons. The number of nitrogens with zero attached hydrogens (tertiary/aromatic N) is 10. The van der Waals surface area contributed by atoms with E-state index in [1.165, 1.54) is 14.5 Å². The summed E-state index contributed by atoms with van der Waals surface area (Å²) in [6, 6.07) is -0.603. The Morgan fingerprint density at radius 1 is 0.857 bits per heavy atom. The lowest BCUT2D eigenvalue weighted by atomic mass is 9.50. The lowest BCUT2D eigenvalue weighted by molar-refractivity contribution is -0.137. The molecule has 5 atom stereocenters. The summed E-state index contributed by atoms with van der Waals surface area (Å²) in [5, 5.41) is 33.1. The molecule has 4 heterocycles. The molecule has 16 nitrogen and oxygen atoms in total. The number of nitrogens with one attached hydrogen (secondary N) is 1. The molecule has 8 rings (SSSR count). The molecule has 4 aromatic rings. The monoisotopic (exact) mass is 769 g/mol. The molecule has 0 bridgehead atoms. The number of allylic oxidation sites excluding steroid dienone is 2. The Morgan fingerprint density at radius 2 is 1.34 bits per heavy atom. The number of hydrogen-bond donors (Lipinski definition) is 2. The van der Waals surface area contributed by atoms with Crippen molar-refractivity contribution in [3.63, 3.8) is 0 Å². The number of hydroxylamine groups is 1. The van der Waals surface area contributed by atoms with E-state index in [-0.39, 0.29) is 34.5 Å². The number of Topliss-reactive ketones (excluding diaryl/α,β-unsaturated/α-hetero) is 2. The third-order valence-electron chi connectivity index (χ3n) is 12.5. The van der Waals surface area contributed by atoms with Gasteiger partial charge in [-0.25, -0.2) is 16.9 Å². The molecule has 1 fully saturated rings. The molecule has 1 unspecified atom stereocenters. The van der Waals surface area contributed by atoms with Gasteiger partial charge in [0.2, 0.25) is 23.3 Å². The largest absolute Gasteiger partial charge is 0.420 e. The number of fused-ring (bicyclic) bond motifs is 6. The van der Waals surface area contributed by atoms with E-state index in [0.29, 0.717) is 30.0 Å². The minimum absolute atomic E-state index is 0.0675. The highest BCUT2D eigenvalue weighted by atomic mass is 16.5. The summed E-state index contributed by atoms with van der Waals surface area (Å²) in [4.78, 5) is 32.7. The van der Waals surface area contributed by atoms with Gasteiger partial charge in [-0.05, 0) is 37.5 Å². The number of aromatic nitrogens is 8. The van der Waals surface area contributed by atoms with Crippen LogP contribution in [0.4, 0.5) is 0 Å². The van der Waals surface area contributed by atoms with E-state index in [0.717, 1.165) is 59.6 Å². The fourth-order valence-electron chi connectivity index (χ4n) is 10.1. The van der Waals surface area contributed by atoms with Crippen LogP contribution in [0.1, 0.15) is 104 Å². The van der Waals surface area contributed by atoms with E-state index in [1.54, 1.807) is 24.0 Å². The van der Waals surface area contributed by atoms with Gasteiger partial charge in [-0.1, -0.05) is 55.0 Å². The van der Waals surface area contributed by atoms with Crippen molar-refractivity contribution >= 4 is 11.6 Å². The van der Waals surface area contributed by atoms with Crippen LogP contribution in [0, 0.1) is 49.7 Å². The average molecular weight is 770 g/mol. The van der Waals surface area contributed by atoms with E-state index in [1.807, 2.05) is 52.5 Å². The molecule has 0 amide bonds. The Hall–Kier alpha value is -5.32. The third kappa shape index (κ3) is 6.29. The quantitative estimate of drug-likeness (QED) is 0.176. The number of carbonyl (C=O) groups is 2. The van der Waals surface area contributed by atoms with E-state index in [2.05, 4.69) is 43.9 Å². The Kier molecular flexibility index (Phi) is 10.5. The maximum atomic E-state index is 12.8. The number of aryl methyl sites for hydroxylation is 4. The maximum absolute atomic E-state index is 12.8. The van der Waals surface area contributed by atoms with Gasteiger partial charge >= 0.3 is 0 Å². The van der Waals surface area contributed by atoms with Crippen LogP contribution in [0.5, 0.6) is 0 Å². The highest BCUT2D eigenvalue weighted by Gasteiger charge is 2.61. The minimum atomic E-state index is -0.603. The Morgan fingerprint density at radius 3 is 1.80 bits per heavy atom. The van der Waals surface area contributed by atoms with Crippen LogP contribution in [0.3, 0.4) is 0 Å². The van der Waals surface area contributed by atoms with Gasteiger partial charge < -0.3 is 23.7 Å². The second-order valence-corrected chi connectivity index (χ2v) is 16.6. The van der Waals surface area contributed by atoms with Crippen LogP contribution in [-0.2, 0) is 47.4 Å². The number of ketones is 2. The molecule has 4 aliphatic carbocycles. The van der Waals surface area contributed by atoms with Gasteiger partial charge in [0.1, 0.15) is 11.4 Å². The summed E-state index contributed by atoms with van der Waals surface area (Å²) in [7, 11) is 6.43. The highest BCUT2D eigenvalue weighted by Crippen LogP contribution is 2.58. The number of rotatable bonds is 2. The first-order valence-electron chi connectivity index (χ1n) is 19.4. The molecular formula is C40H53N11O5. The molecule has 16 heteroatoms. The van der Waals surface area contributed by atoms with Crippen LogP contribution in [-0.4, -0.2) is 69.8 Å². The Bertz CT molecular complexity index is 2300. The van der Waals surface area contributed by atoms with Gasteiger partial charge in [-0.3, -0.25) is 14.2 Å². The molecule has 0 aromatic carbocycles. The van der Waals surface area contributed by atoms with Crippen molar-refractivity contribution in [2.24, 2.45) is 36.8 Å². The van der Waals surface area contributed by atoms with E-state index < -0.39 is 22.3 Å². The van der Waals surface area contributed by atoms with Crippen molar-refractivity contribution in [3.8, 4) is 23.2 Å². The first-order chi connectivity index (χ1) is 26.8. The molecule has 4 aromatic heterocycles. The molecule has 1 saturated carbocycles. The zero-order chi connectivity index (χ0) is 42.4. The molecule has 56 heavy (non-hydrogen) atoms. The average Bonchev–Trinajstić information content (AvgIpc) is 3.95. The Balaban J connectivity index is 0.000000196. The van der Waals surface area contributed by atoms with Gasteiger partial charge in [0.15, 0.2) is 5.78 Å². The molecular weight excluding hydrogens is 715 g/mol. The van der Waals surface area contributed by atoms with Crippen LogP contribution in [0.2, 0.25) is 0 Å². The molecule has 0 aliphatic heterocycles. The Labute approximate surface area is 329 Å². The lowest BCUT2D eigenvalue weighted by Crippen LogP contribution is -2.56. The molecule has 0 radical (unpaired) electrons. The minimum Gasteiger partial charge on any atom is -0.420 e. The van der Waals surface area contributed by atoms with Crippen molar-refractivity contribution in [3.05, 3.63) is 68.9 Å². The fourth-order valence-corrected chi connectivity index (χ4v) is 10.1. The predicted molar refractivity (Wildman–Crippen MR) is 206 cm³/mol. The van der Waals surface area contributed by atoms with E-state index in [9.17, 15) is 9.59 Å². The van der Waals surface area contributed by atoms with Crippen LogP contribution >= 0.6 is 0 Å². The van der Waals surface area contributed by atoms with Crippen molar-refractivity contribution in [1.29, 1.82) is 0 Å². The smallest absolute Gasteiger partial charge is 0.282 e. The van der Waals surface area contributed by atoms with Crippen LogP contribution < -0.4 is 5.48 Å². The van der Waals surface area contributed by atoms with Gasteiger partial charge in [0, 0.05) is 75.6 Å². The van der Waals surface area contributed by atoms with Crippen molar-refractivity contribution in [2.45, 2.75) is 112 Å². The summed E-state index contributed by atoms with van der Waals surface area (Å²) in [5.74, 6) is 2.23. The fraction of sp³-hybridized carbons (Fsp3) is 0.600. The van der Waals surface area contributed by atoms with Crippen LogP contribution in [0.15, 0.2) is 20.6 Å². The SMILES string of the molecule is CNO.[3H]C.[C-]#[N+]C1=C[C@]2(C)c3nn(C)c(-c4nnc(C)o4)c3CC[C@H]2C(C)(C)C1=O.[C-]#[N+]C1C[C@]2(C)c3nn(C)c(-c4nnc(C)o4)c3CC[C@H]2C(C)(C)C1=O. The zero-order valence-electron chi connectivity index (χ0n) is 35.4. The molecule has 2 N–H and O–H groups in total. The summed E-state index contributed by atoms with van der Waals surface area (Å²) >= 11 is 0. The topological polar surface area (TPSA) is 189 Å². The van der Waals surface area contributed by atoms with Crippen molar-refractivity contribution in [2.75, 3.05) is 7.05 Å². The van der Waals surface area contributed by atoms with E-state index >= 15 is 0 Å². The molecule has 4 aliphatic rings. The van der Waals surface area contributed by atoms with Crippen LogP contribution in [0.25, 0.3) is 32.9 Å². The highest BCUT2D eigenvalue weighted by molar-refractivity contribution is 6.02. The third-order valence-corrected chi connectivity index (χ3v) is 12.5. The first kappa shape index (κ1) is 40.3. The summed E-state index contributed by atoms with van der Waals surface area (Å²) in [6.07, 6.45) is 5.69. The first-order valence-corrected chi connectivity index (χ1v) is 18.4. The standard InChI is InChI=1S/C19H23N5O2.C19H21N5O2.CH5NO.CH4/c2*1-10-21-22-17(26-10)14-11-7-8-13-18(2,3)16(25)12(20-5)9-19(13,4)15(11)23-24(14)6;1-2-3;/h12-13H,7-9H2,1-4,6H3;9,13H,7-8H2,1-4,6H3;2-3H,1H3;1H4/t12?,13-,19-;13-,19-;;/m00../s1/i;;;1T. The molecule has 0 spiro atoms. The summed E-state index contributed by atoms with van der Waals surface area (Å²) in [5.41, 5.74) is 5.80. The molecule has 0 saturated heterocycles.